The summed E-state index contributed by atoms with van der Waals surface area (Å²) in [6.07, 6.45) is 5.08. The van der Waals surface area contributed by atoms with Crippen LogP contribution in [0, 0.1) is 0 Å². The van der Waals surface area contributed by atoms with E-state index in [0.29, 0.717) is 6.04 Å². The highest BCUT2D eigenvalue weighted by molar-refractivity contribution is 5.54. The number of hydrogen-bond donors (Lipinski definition) is 1. The lowest BCUT2D eigenvalue weighted by atomic mass is 10.1. The lowest BCUT2D eigenvalue weighted by Gasteiger charge is -2.11. The van der Waals surface area contributed by atoms with E-state index in [1.54, 1.807) is 0 Å². The zero-order valence-electron chi connectivity index (χ0n) is 9.27. The standard InChI is InChI=1S/C12H17N3/c1-3-7-13-10(2)11-9-14-15-8-5-4-6-12(11)15/h4-6,8-10,13H,3,7H2,1-2H3. The molecule has 1 N–H and O–H groups in total. The number of nitrogens with zero attached hydrogens (tertiary/aromatic N) is 2. The molecule has 0 aliphatic rings. The molecule has 15 heavy (non-hydrogen) atoms. The van der Waals surface area contributed by atoms with Crippen LogP contribution >= 0.6 is 0 Å². The summed E-state index contributed by atoms with van der Waals surface area (Å²) >= 11 is 0. The average molecular weight is 203 g/mol. The van der Waals surface area contributed by atoms with E-state index in [2.05, 4.69) is 30.3 Å². The molecule has 80 valence electrons. The summed E-state index contributed by atoms with van der Waals surface area (Å²) in [4.78, 5) is 0. The molecule has 0 saturated heterocycles. The van der Waals surface area contributed by atoms with Gasteiger partial charge in [-0.15, -0.1) is 0 Å². The van der Waals surface area contributed by atoms with Crippen molar-refractivity contribution in [1.29, 1.82) is 0 Å². The fourth-order valence-electron chi connectivity index (χ4n) is 1.76. The Hall–Kier alpha value is -1.35. The Morgan fingerprint density at radius 2 is 2.33 bits per heavy atom. The van der Waals surface area contributed by atoms with Gasteiger partial charge in [0.2, 0.25) is 0 Å². The monoisotopic (exact) mass is 203 g/mol. The van der Waals surface area contributed by atoms with E-state index in [9.17, 15) is 0 Å². The van der Waals surface area contributed by atoms with E-state index in [1.807, 2.05) is 29.0 Å². The van der Waals surface area contributed by atoms with E-state index in [4.69, 9.17) is 0 Å². The fourth-order valence-corrected chi connectivity index (χ4v) is 1.76. The van der Waals surface area contributed by atoms with Crippen molar-refractivity contribution >= 4 is 5.52 Å². The SMILES string of the molecule is CCCNC(C)c1cnn2ccccc12. The van der Waals surface area contributed by atoms with E-state index < -0.39 is 0 Å². The number of hydrogen-bond acceptors (Lipinski definition) is 2. The van der Waals surface area contributed by atoms with Crippen molar-refractivity contribution in [3.63, 3.8) is 0 Å². The molecule has 3 heteroatoms. The second kappa shape index (κ2) is 4.45. The fraction of sp³-hybridized carbons (Fsp3) is 0.417. The molecular formula is C12H17N3. The van der Waals surface area contributed by atoms with Gasteiger partial charge < -0.3 is 5.32 Å². The largest absolute Gasteiger partial charge is 0.310 e. The van der Waals surface area contributed by atoms with Gasteiger partial charge in [-0.1, -0.05) is 13.0 Å². The minimum Gasteiger partial charge on any atom is -0.310 e. The highest BCUT2D eigenvalue weighted by Gasteiger charge is 2.09. The molecule has 2 rings (SSSR count). The summed E-state index contributed by atoms with van der Waals surface area (Å²) in [7, 11) is 0. The molecule has 1 unspecified atom stereocenters. The molecule has 2 aromatic heterocycles. The number of pyridine rings is 1. The molecule has 0 fully saturated rings. The highest BCUT2D eigenvalue weighted by Crippen LogP contribution is 2.17. The number of nitrogens with one attached hydrogen (secondary N) is 1. The molecule has 0 bridgehead atoms. The lowest BCUT2D eigenvalue weighted by Crippen LogP contribution is -2.18. The van der Waals surface area contributed by atoms with Crippen LogP contribution in [0.1, 0.15) is 31.9 Å². The predicted molar refractivity (Wildman–Crippen MR) is 61.9 cm³/mol. The van der Waals surface area contributed by atoms with Crippen LogP contribution in [0.15, 0.2) is 30.6 Å². The maximum absolute atomic E-state index is 4.32. The average Bonchev–Trinajstić information content (AvgIpc) is 2.69. The van der Waals surface area contributed by atoms with Gasteiger partial charge in [0, 0.05) is 17.8 Å². The van der Waals surface area contributed by atoms with Gasteiger partial charge in [0.25, 0.3) is 0 Å². The molecule has 0 aliphatic carbocycles. The van der Waals surface area contributed by atoms with E-state index in [0.717, 1.165) is 13.0 Å². The van der Waals surface area contributed by atoms with Crippen LogP contribution in [0.3, 0.4) is 0 Å². The molecule has 2 heterocycles. The van der Waals surface area contributed by atoms with Crippen molar-refractivity contribution in [2.45, 2.75) is 26.3 Å². The number of fused-ring (bicyclic) bond motifs is 1. The molecule has 0 aromatic carbocycles. The first kappa shape index (κ1) is 10.2. The maximum Gasteiger partial charge on any atom is 0.0709 e. The van der Waals surface area contributed by atoms with Crippen LogP contribution < -0.4 is 5.32 Å². The Morgan fingerprint density at radius 3 is 3.13 bits per heavy atom. The molecular weight excluding hydrogens is 186 g/mol. The number of aromatic nitrogens is 2. The van der Waals surface area contributed by atoms with Gasteiger partial charge >= 0.3 is 0 Å². The first-order chi connectivity index (χ1) is 7.33. The number of rotatable bonds is 4. The third-order valence-corrected chi connectivity index (χ3v) is 2.62. The summed E-state index contributed by atoms with van der Waals surface area (Å²) in [5, 5.41) is 7.80. The summed E-state index contributed by atoms with van der Waals surface area (Å²) in [6, 6.07) is 6.51. The molecule has 2 aromatic rings. The third-order valence-electron chi connectivity index (χ3n) is 2.62. The van der Waals surface area contributed by atoms with Gasteiger partial charge in [0.1, 0.15) is 0 Å². The normalized spacial score (nSPS) is 13.2. The molecule has 0 amide bonds. The molecule has 0 saturated carbocycles. The second-order valence-corrected chi connectivity index (χ2v) is 3.81. The minimum absolute atomic E-state index is 0.366. The molecule has 1 atom stereocenters. The minimum atomic E-state index is 0.366. The predicted octanol–water partition coefficient (Wildman–Crippen LogP) is 2.39. The van der Waals surface area contributed by atoms with E-state index in [-0.39, 0.29) is 0 Å². The summed E-state index contributed by atoms with van der Waals surface area (Å²) in [6.45, 7) is 5.40. The van der Waals surface area contributed by atoms with Crippen LogP contribution in [-0.2, 0) is 0 Å². The summed E-state index contributed by atoms with van der Waals surface area (Å²) in [5.74, 6) is 0. The van der Waals surface area contributed by atoms with Gasteiger partial charge in [0.05, 0.1) is 11.7 Å². The molecule has 0 spiro atoms. The van der Waals surface area contributed by atoms with Gasteiger partial charge in [-0.05, 0) is 32.0 Å². The Bertz CT molecular complexity index is 433. The Balaban J connectivity index is 2.27. The van der Waals surface area contributed by atoms with Crippen LogP contribution in [0.25, 0.3) is 5.52 Å². The highest BCUT2D eigenvalue weighted by atomic mass is 15.2. The Labute approximate surface area is 90.1 Å². The van der Waals surface area contributed by atoms with Crippen LogP contribution in [0.5, 0.6) is 0 Å². The quantitative estimate of drug-likeness (QED) is 0.826. The topological polar surface area (TPSA) is 29.3 Å². The van der Waals surface area contributed by atoms with Crippen molar-refractivity contribution in [2.75, 3.05) is 6.54 Å². The van der Waals surface area contributed by atoms with Gasteiger partial charge in [-0.2, -0.15) is 5.10 Å². The zero-order valence-corrected chi connectivity index (χ0v) is 9.27. The first-order valence-electron chi connectivity index (χ1n) is 5.48. The zero-order chi connectivity index (χ0) is 10.7. The third kappa shape index (κ3) is 2.02. The summed E-state index contributed by atoms with van der Waals surface area (Å²) in [5.41, 5.74) is 2.46. The van der Waals surface area contributed by atoms with Crippen molar-refractivity contribution in [1.82, 2.24) is 14.9 Å². The van der Waals surface area contributed by atoms with Crippen molar-refractivity contribution in [3.05, 3.63) is 36.2 Å². The molecule has 0 aliphatic heterocycles. The van der Waals surface area contributed by atoms with Gasteiger partial charge in [-0.25, -0.2) is 4.52 Å². The van der Waals surface area contributed by atoms with Crippen molar-refractivity contribution in [2.24, 2.45) is 0 Å². The Kier molecular flexibility index (Phi) is 3.02. The maximum atomic E-state index is 4.32. The second-order valence-electron chi connectivity index (χ2n) is 3.81. The molecule has 0 radical (unpaired) electrons. The Morgan fingerprint density at radius 1 is 1.47 bits per heavy atom. The smallest absolute Gasteiger partial charge is 0.0709 e. The van der Waals surface area contributed by atoms with E-state index in [1.165, 1.54) is 11.1 Å². The van der Waals surface area contributed by atoms with Crippen molar-refractivity contribution in [3.8, 4) is 0 Å². The molecule has 3 nitrogen and oxygen atoms in total. The lowest BCUT2D eigenvalue weighted by molar-refractivity contribution is 0.573. The van der Waals surface area contributed by atoms with Crippen LogP contribution in [0.4, 0.5) is 0 Å². The van der Waals surface area contributed by atoms with Gasteiger partial charge in [-0.3, -0.25) is 0 Å². The van der Waals surface area contributed by atoms with Crippen LogP contribution in [0.2, 0.25) is 0 Å². The first-order valence-corrected chi connectivity index (χ1v) is 5.48. The van der Waals surface area contributed by atoms with Crippen molar-refractivity contribution < 1.29 is 0 Å². The van der Waals surface area contributed by atoms with E-state index >= 15 is 0 Å². The van der Waals surface area contributed by atoms with Gasteiger partial charge in [0.15, 0.2) is 0 Å². The summed E-state index contributed by atoms with van der Waals surface area (Å²) < 4.78 is 1.92. The van der Waals surface area contributed by atoms with Crippen LogP contribution in [-0.4, -0.2) is 16.2 Å².